The molecule has 0 aromatic carbocycles. The topological polar surface area (TPSA) is 37.6 Å². The van der Waals surface area contributed by atoms with Crippen LogP contribution in [0.1, 0.15) is 44.1 Å². The van der Waals surface area contributed by atoms with Crippen LogP contribution in [0, 0.1) is 5.92 Å². The van der Waals surface area contributed by atoms with E-state index in [9.17, 15) is 0 Å². The molecule has 2 saturated carbocycles. The molecular weight excluding hydrogens is 264 g/mol. The van der Waals surface area contributed by atoms with Crippen LogP contribution in [-0.4, -0.2) is 37.2 Å². The summed E-state index contributed by atoms with van der Waals surface area (Å²) in [5.41, 5.74) is 0. The maximum atomic E-state index is 5.98. The second-order valence-electron chi connectivity index (χ2n) is 6.56. The van der Waals surface area contributed by atoms with Crippen LogP contribution in [0.15, 0.2) is 16.5 Å². The molecule has 0 radical (unpaired) electrons. The first-order valence-electron chi connectivity index (χ1n) is 8.30. The molecule has 2 aliphatic carbocycles. The number of methoxy groups -OCH3 is 1. The van der Waals surface area contributed by atoms with Crippen molar-refractivity contribution in [2.24, 2.45) is 5.92 Å². The van der Waals surface area contributed by atoms with E-state index < -0.39 is 0 Å². The summed E-state index contributed by atoms with van der Waals surface area (Å²) >= 11 is 0. The molecule has 0 amide bonds. The van der Waals surface area contributed by atoms with Gasteiger partial charge in [0.1, 0.15) is 11.5 Å². The highest BCUT2D eigenvalue weighted by molar-refractivity contribution is 5.08. The fraction of sp³-hybridized carbons (Fsp3) is 0.765. The molecule has 1 aromatic rings. The van der Waals surface area contributed by atoms with Crippen molar-refractivity contribution in [2.75, 3.05) is 20.3 Å². The summed E-state index contributed by atoms with van der Waals surface area (Å²) in [5, 5.41) is 3.50. The molecule has 2 aliphatic rings. The Morgan fingerprint density at radius 1 is 1.29 bits per heavy atom. The van der Waals surface area contributed by atoms with Crippen LogP contribution in [-0.2, 0) is 17.8 Å². The number of hydrogen-bond donors (Lipinski definition) is 1. The van der Waals surface area contributed by atoms with Gasteiger partial charge >= 0.3 is 0 Å². The minimum Gasteiger partial charge on any atom is -0.463 e. The van der Waals surface area contributed by atoms with Crippen molar-refractivity contribution >= 4 is 0 Å². The van der Waals surface area contributed by atoms with Crippen molar-refractivity contribution in [3.05, 3.63) is 23.7 Å². The van der Waals surface area contributed by atoms with Gasteiger partial charge in [0.2, 0.25) is 0 Å². The van der Waals surface area contributed by atoms with Gasteiger partial charge in [0.15, 0.2) is 0 Å². The molecule has 0 aliphatic heterocycles. The highest BCUT2D eigenvalue weighted by Gasteiger charge is 2.32. The maximum Gasteiger partial charge on any atom is 0.118 e. The van der Waals surface area contributed by atoms with Gasteiger partial charge in [-0.15, -0.1) is 0 Å². The number of nitrogens with zero attached hydrogens (tertiary/aromatic N) is 1. The Kier molecular flexibility index (Phi) is 4.99. The summed E-state index contributed by atoms with van der Waals surface area (Å²) in [7, 11) is 1.77. The Hall–Kier alpha value is -0.840. The highest BCUT2D eigenvalue weighted by atomic mass is 16.5. The summed E-state index contributed by atoms with van der Waals surface area (Å²) in [6, 6.07) is 5.59. The summed E-state index contributed by atoms with van der Waals surface area (Å²) in [6.45, 7) is 5.86. The lowest BCUT2D eigenvalue weighted by Gasteiger charge is -2.28. The zero-order valence-electron chi connectivity index (χ0n) is 13.3. The minimum atomic E-state index is 0.623. The van der Waals surface area contributed by atoms with E-state index in [1.165, 1.54) is 25.7 Å². The van der Waals surface area contributed by atoms with Gasteiger partial charge in [-0.3, -0.25) is 4.90 Å². The predicted octanol–water partition coefficient (Wildman–Crippen LogP) is 2.78. The second-order valence-corrected chi connectivity index (χ2v) is 6.56. The van der Waals surface area contributed by atoms with Crippen LogP contribution in [0.2, 0.25) is 0 Å². The Morgan fingerprint density at radius 2 is 2.05 bits per heavy atom. The van der Waals surface area contributed by atoms with Crippen LogP contribution in [0.5, 0.6) is 0 Å². The zero-order valence-corrected chi connectivity index (χ0v) is 13.3. The Balaban J connectivity index is 1.52. The molecule has 0 saturated heterocycles. The molecule has 3 rings (SSSR count). The molecule has 4 nitrogen and oxygen atoms in total. The van der Waals surface area contributed by atoms with E-state index in [2.05, 4.69) is 29.3 Å². The lowest BCUT2D eigenvalue weighted by atomic mass is 10.2. The van der Waals surface area contributed by atoms with Crippen molar-refractivity contribution in [3.63, 3.8) is 0 Å². The Bertz CT molecular complexity index is 438. The van der Waals surface area contributed by atoms with Crippen molar-refractivity contribution < 1.29 is 9.15 Å². The molecule has 0 bridgehead atoms. The van der Waals surface area contributed by atoms with Gasteiger partial charge in [-0.25, -0.2) is 0 Å². The van der Waals surface area contributed by atoms with Gasteiger partial charge in [-0.2, -0.15) is 0 Å². The summed E-state index contributed by atoms with van der Waals surface area (Å²) in [5.74, 6) is 3.00. The molecular formula is C17H28N2O2. The lowest BCUT2D eigenvalue weighted by Crippen LogP contribution is -2.36. The zero-order chi connectivity index (χ0) is 14.7. The Morgan fingerprint density at radius 3 is 2.71 bits per heavy atom. The van der Waals surface area contributed by atoms with Gasteiger partial charge in [0, 0.05) is 25.7 Å². The van der Waals surface area contributed by atoms with Gasteiger partial charge in [0.05, 0.1) is 19.7 Å². The predicted molar refractivity (Wildman–Crippen MR) is 83.0 cm³/mol. The first-order chi connectivity index (χ1) is 10.3. The van der Waals surface area contributed by atoms with E-state index in [-0.39, 0.29) is 0 Å². The molecule has 2 fully saturated rings. The number of hydrogen-bond acceptors (Lipinski definition) is 4. The number of rotatable bonds is 10. The first-order valence-corrected chi connectivity index (χ1v) is 8.30. The van der Waals surface area contributed by atoms with E-state index in [1.807, 2.05) is 0 Å². The monoisotopic (exact) mass is 292 g/mol. The molecule has 1 heterocycles. The van der Waals surface area contributed by atoms with E-state index >= 15 is 0 Å². The SMILES string of the molecule is COCCN(Cc1ccc(CNC2CC2)o1)C(C)C1CC1. The van der Waals surface area contributed by atoms with Gasteiger partial charge < -0.3 is 14.5 Å². The number of nitrogens with one attached hydrogen (secondary N) is 1. The second kappa shape index (κ2) is 6.95. The van der Waals surface area contributed by atoms with Crippen LogP contribution in [0.4, 0.5) is 0 Å². The minimum absolute atomic E-state index is 0.623. The van der Waals surface area contributed by atoms with Crippen LogP contribution < -0.4 is 5.32 Å². The molecule has 1 N–H and O–H groups in total. The molecule has 118 valence electrons. The van der Waals surface area contributed by atoms with E-state index in [4.69, 9.17) is 9.15 Å². The molecule has 1 aromatic heterocycles. The van der Waals surface area contributed by atoms with Crippen molar-refractivity contribution in [1.82, 2.24) is 10.2 Å². The molecule has 21 heavy (non-hydrogen) atoms. The number of furan rings is 1. The highest BCUT2D eigenvalue weighted by Crippen LogP contribution is 2.35. The third-order valence-electron chi connectivity index (χ3n) is 4.68. The standard InChI is InChI=1S/C17H28N2O2/c1-13(14-3-4-14)19(9-10-20-2)12-17-8-7-16(21-17)11-18-15-5-6-15/h7-8,13-15,18H,3-6,9-12H2,1-2H3. The normalized spacial score (nSPS) is 20.1. The van der Waals surface area contributed by atoms with E-state index in [0.29, 0.717) is 6.04 Å². The van der Waals surface area contributed by atoms with Gasteiger partial charge in [-0.05, 0) is 50.7 Å². The smallest absolute Gasteiger partial charge is 0.118 e. The first kappa shape index (κ1) is 15.1. The fourth-order valence-corrected chi connectivity index (χ4v) is 2.85. The van der Waals surface area contributed by atoms with Crippen LogP contribution in [0.3, 0.4) is 0 Å². The third kappa shape index (κ3) is 4.56. The summed E-state index contributed by atoms with van der Waals surface area (Å²) in [6.07, 6.45) is 5.38. The van der Waals surface area contributed by atoms with E-state index in [0.717, 1.165) is 49.7 Å². The number of ether oxygens (including phenoxy) is 1. The largest absolute Gasteiger partial charge is 0.463 e. The summed E-state index contributed by atoms with van der Waals surface area (Å²) in [4.78, 5) is 2.50. The van der Waals surface area contributed by atoms with Crippen molar-refractivity contribution in [3.8, 4) is 0 Å². The average molecular weight is 292 g/mol. The van der Waals surface area contributed by atoms with Gasteiger partial charge in [0.25, 0.3) is 0 Å². The average Bonchev–Trinajstić information content (AvgIpc) is 3.40. The van der Waals surface area contributed by atoms with E-state index in [1.54, 1.807) is 7.11 Å². The van der Waals surface area contributed by atoms with Crippen LogP contribution >= 0.6 is 0 Å². The van der Waals surface area contributed by atoms with Gasteiger partial charge in [-0.1, -0.05) is 0 Å². The maximum absolute atomic E-state index is 5.98. The fourth-order valence-electron chi connectivity index (χ4n) is 2.85. The molecule has 4 heteroatoms. The quantitative estimate of drug-likeness (QED) is 0.719. The van der Waals surface area contributed by atoms with Crippen molar-refractivity contribution in [1.29, 1.82) is 0 Å². The summed E-state index contributed by atoms with van der Waals surface area (Å²) < 4.78 is 11.2. The molecule has 1 atom stereocenters. The lowest BCUT2D eigenvalue weighted by molar-refractivity contribution is 0.105. The third-order valence-corrected chi connectivity index (χ3v) is 4.68. The molecule has 1 unspecified atom stereocenters. The van der Waals surface area contributed by atoms with Crippen molar-refractivity contribution in [2.45, 2.75) is 57.8 Å². The molecule has 0 spiro atoms. The van der Waals surface area contributed by atoms with Crippen LogP contribution in [0.25, 0.3) is 0 Å². The Labute approximate surface area is 127 Å².